The van der Waals surface area contributed by atoms with Crippen molar-refractivity contribution in [3.05, 3.63) is 0 Å². The van der Waals surface area contributed by atoms with Gasteiger partial charge < -0.3 is 26.0 Å². The predicted molar refractivity (Wildman–Crippen MR) is 102 cm³/mol. The lowest BCUT2D eigenvalue weighted by Crippen LogP contribution is -2.46. The van der Waals surface area contributed by atoms with E-state index in [2.05, 4.69) is 26.0 Å². The Kier molecular flexibility index (Phi) is 12.2. The zero-order chi connectivity index (χ0) is 21.0. The Morgan fingerprint density at radius 1 is 0.704 bits per heavy atom. The average molecular weight is 386 g/mol. The number of ether oxygens (including phenoxy) is 1. The van der Waals surface area contributed by atoms with Crippen LogP contribution in [0.1, 0.15) is 40.5 Å². The topological polar surface area (TPSA) is 126 Å². The van der Waals surface area contributed by atoms with Crippen LogP contribution < -0.4 is 21.3 Å². The molecule has 0 fully saturated rings. The number of amides is 2. The van der Waals surface area contributed by atoms with Gasteiger partial charge in [-0.1, -0.05) is 27.7 Å². The molecule has 0 aromatic heterocycles. The van der Waals surface area contributed by atoms with E-state index < -0.39 is 37.1 Å². The third-order valence-corrected chi connectivity index (χ3v) is 3.79. The molecule has 0 aliphatic rings. The van der Waals surface area contributed by atoms with Crippen LogP contribution in [-0.4, -0.2) is 63.0 Å². The van der Waals surface area contributed by atoms with E-state index in [4.69, 9.17) is 0 Å². The number of hydrogen-bond acceptors (Lipinski definition) is 7. The lowest BCUT2D eigenvalue weighted by Gasteiger charge is -2.18. The third-order valence-electron chi connectivity index (χ3n) is 3.79. The van der Waals surface area contributed by atoms with E-state index in [0.717, 1.165) is 0 Å². The van der Waals surface area contributed by atoms with Crippen molar-refractivity contribution >= 4 is 23.8 Å². The molecule has 0 heterocycles. The molecule has 0 aromatic carbocycles. The summed E-state index contributed by atoms with van der Waals surface area (Å²) in [5.41, 5.74) is 0. The van der Waals surface area contributed by atoms with Gasteiger partial charge in [-0.15, -0.1) is 0 Å². The van der Waals surface area contributed by atoms with Crippen LogP contribution in [0, 0.1) is 11.8 Å². The first-order chi connectivity index (χ1) is 12.6. The summed E-state index contributed by atoms with van der Waals surface area (Å²) in [5, 5.41) is 10.6. The maximum Gasteiger partial charge on any atom is 0.333 e. The fourth-order valence-corrected chi connectivity index (χ4v) is 2.42. The average Bonchev–Trinajstić information content (AvgIpc) is 2.59. The maximum atomic E-state index is 12.0. The molecule has 0 rings (SSSR count). The summed E-state index contributed by atoms with van der Waals surface area (Å²) in [6.45, 7) is 7.11. The minimum Gasteiger partial charge on any atom is -0.390 e. The Morgan fingerprint density at radius 2 is 1.04 bits per heavy atom. The first-order valence-corrected chi connectivity index (χ1v) is 9.24. The summed E-state index contributed by atoms with van der Waals surface area (Å²) >= 11 is 0. The van der Waals surface area contributed by atoms with Crippen molar-refractivity contribution in [2.24, 2.45) is 11.8 Å². The van der Waals surface area contributed by atoms with Crippen LogP contribution >= 0.6 is 0 Å². The van der Waals surface area contributed by atoms with E-state index in [1.807, 2.05) is 27.7 Å². The van der Waals surface area contributed by atoms with Crippen LogP contribution in [-0.2, 0) is 23.9 Å². The molecule has 2 atom stereocenters. The van der Waals surface area contributed by atoms with Crippen LogP contribution in [0.5, 0.6) is 0 Å². The molecule has 0 aromatic rings. The molecular weight excluding hydrogens is 352 g/mol. The van der Waals surface area contributed by atoms with Crippen LogP contribution in [0.25, 0.3) is 0 Å². The van der Waals surface area contributed by atoms with Crippen molar-refractivity contribution in [3.63, 3.8) is 0 Å². The molecule has 4 N–H and O–H groups in total. The van der Waals surface area contributed by atoms with Gasteiger partial charge in [-0.05, 0) is 38.8 Å². The van der Waals surface area contributed by atoms with Crippen molar-refractivity contribution in [1.29, 1.82) is 0 Å². The van der Waals surface area contributed by atoms with Crippen LogP contribution in [0.2, 0.25) is 0 Å². The lowest BCUT2D eigenvalue weighted by atomic mass is 10.0. The zero-order valence-electron chi connectivity index (χ0n) is 17.2. The number of nitrogens with one attached hydrogen (secondary N) is 4. The second kappa shape index (κ2) is 13.2. The van der Waals surface area contributed by atoms with E-state index in [0.29, 0.717) is 24.7 Å². The molecule has 0 spiro atoms. The van der Waals surface area contributed by atoms with Gasteiger partial charge in [0.25, 0.3) is 0 Å². The van der Waals surface area contributed by atoms with Gasteiger partial charge in [-0.3, -0.25) is 9.59 Å². The molecule has 9 heteroatoms. The number of carbonyl (C=O) groups excluding carboxylic acids is 4. The lowest BCUT2D eigenvalue weighted by molar-refractivity contribution is -0.159. The van der Waals surface area contributed by atoms with E-state index >= 15 is 0 Å². The molecule has 0 radical (unpaired) electrons. The first kappa shape index (κ1) is 25.0. The standard InChI is InChI=1S/C18H34N4O5/c1-11(2)7-13(19-5)17(25)21-9-15(23)27-16(24)10-22-18(26)14(20-6)8-12(3)4/h11-14,19-20H,7-10H2,1-6H3,(H,21,25)(H,22,26)/t13-,14-/m0/s1. The van der Waals surface area contributed by atoms with E-state index in [-0.39, 0.29) is 11.8 Å². The predicted octanol–water partition coefficient (Wildman–Crippen LogP) is -0.443. The monoisotopic (exact) mass is 386 g/mol. The third kappa shape index (κ3) is 11.3. The SMILES string of the molecule is CN[C@@H](CC(C)C)C(=O)NCC(=O)OC(=O)CNC(=O)[C@H](CC(C)C)NC. The quantitative estimate of drug-likeness (QED) is 0.265. The minimum atomic E-state index is -0.880. The van der Waals surface area contributed by atoms with Crippen molar-refractivity contribution in [2.75, 3.05) is 27.2 Å². The Hall–Kier alpha value is -2.00. The Bertz CT molecular complexity index is 464. The highest BCUT2D eigenvalue weighted by molar-refractivity contribution is 5.92. The Balaban J connectivity index is 4.26. The summed E-state index contributed by atoms with van der Waals surface area (Å²) in [4.78, 5) is 47.3. The van der Waals surface area contributed by atoms with Crippen molar-refractivity contribution in [3.8, 4) is 0 Å². The number of likely N-dealkylation sites (N-methyl/N-ethyl adjacent to an activating group) is 2. The molecule has 0 unspecified atom stereocenters. The highest BCUT2D eigenvalue weighted by Crippen LogP contribution is 2.05. The highest BCUT2D eigenvalue weighted by Gasteiger charge is 2.21. The van der Waals surface area contributed by atoms with Gasteiger partial charge >= 0.3 is 11.9 Å². The summed E-state index contributed by atoms with van der Waals surface area (Å²) in [7, 11) is 3.32. The Labute approximate surface area is 161 Å². The van der Waals surface area contributed by atoms with Crippen LogP contribution in [0.4, 0.5) is 0 Å². The zero-order valence-corrected chi connectivity index (χ0v) is 17.2. The van der Waals surface area contributed by atoms with Gasteiger partial charge in [0.15, 0.2) is 0 Å². The summed E-state index contributed by atoms with van der Waals surface area (Å²) in [6, 6.07) is -0.848. The smallest absolute Gasteiger partial charge is 0.333 e. The van der Waals surface area contributed by atoms with Crippen molar-refractivity contribution in [1.82, 2.24) is 21.3 Å². The molecule has 27 heavy (non-hydrogen) atoms. The molecule has 0 bridgehead atoms. The van der Waals surface area contributed by atoms with Gasteiger partial charge in [0.2, 0.25) is 11.8 Å². The second-order valence-corrected chi connectivity index (χ2v) is 7.22. The summed E-state index contributed by atoms with van der Waals surface area (Å²) < 4.78 is 4.59. The molecule has 156 valence electrons. The number of carbonyl (C=O) groups is 4. The molecule has 2 amide bonds. The molecule has 0 aliphatic heterocycles. The van der Waals surface area contributed by atoms with Gasteiger partial charge in [-0.2, -0.15) is 0 Å². The fraction of sp³-hybridized carbons (Fsp3) is 0.778. The van der Waals surface area contributed by atoms with E-state index in [9.17, 15) is 19.2 Å². The van der Waals surface area contributed by atoms with Crippen LogP contribution in [0.15, 0.2) is 0 Å². The molecule has 9 nitrogen and oxygen atoms in total. The molecule has 0 saturated carbocycles. The maximum absolute atomic E-state index is 12.0. The molecule has 0 aliphatic carbocycles. The van der Waals surface area contributed by atoms with E-state index in [1.54, 1.807) is 14.1 Å². The number of hydrogen-bond donors (Lipinski definition) is 4. The van der Waals surface area contributed by atoms with Crippen LogP contribution in [0.3, 0.4) is 0 Å². The second-order valence-electron chi connectivity index (χ2n) is 7.22. The van der Waals surface area contributed by atoms with Gasteiger partial charge in [0.05, 0.1) is 12.1 Å². The molecule has 0 saturated heterocycles. The molecular formula is C18H34N4O5. The summed E-state index contributed by atoms with van der Waals surface area (Å²) in [6.07, 6.45) is 1.23. The summed E-state index contributed by atoms with van der Waals surface area (Å²) in [5.74, 6) is -1.82. The first-order valence-electron chi connectivity index (χ1n) is 9.24. The number of esters is 2. The van der Waals surface area contributed by atoms with Crippen molar-refractivity contribution in [2.45, 2.75) is 52.6 Å². The largest absolute Gasteiger partial charge is 0.390 e. The minimum absolute atomic E-state index is 0.308. The highest BCUT2D eigenvalue weighted by atomic mass is 16.6. The van der Waals surface area contributed by atoms with Gasteiger partial charge in [-0.25, -0.2) is 9.59 Å². The van der Waals surface area contributed by atoms with Crippen molar-refractivity contribution < 1.29 is 23.9 Å². The number of rotatable bonds is 12. The fourth-order valence-electron chi connectivity index (χ4n) is 2.42. The Morgan fingerprint density at radius 3 is 1.30 bits per heavy atom. The normalized spacial score (nSPS) is 13.2. The van der Waals surface area contributed by atoms with E-state index in [1.165, 1.54) is 0 Å². The van der Waals surface area contributed by atoms with Gasteiger partial charge in [0.1, 0.15) is 13.1 Å². The van der Waals surface area contributed by atoms with Gasteiger partial charge in [0, 0.05) is 0 Å².